The summed E-state index contributed by atoms with van der Waals surface area (Å²) in [6.45, 7) is 16.7. The van der Waals surface area contributed by atoms with Crippen LogP contribution in [-0.2, 0) is 29.4 Å². The van der Waals surface area contributed by atoms with Crippen molar-refractivity contribution in [2.75, 3.05) is 6.54 Å². The summed E-state index contributed by atoms with van der Waals surface area (Å²) in [5, 5.41) is 59.1. The number of benzene rings is 4. The molecule has 4 aromatic carbocycles. The van der Waals surface area contributed by atoms with Crippen LogP contribution in [0.2, 0.25) is 0 Å². The highest BCUT2D eigenvalue weighted by molar-refractivity contribution is 7.93. The van der Waals surface area contributed by atoms with Crippen molar-refractivity contribution in [2.45, 2.75) is 140 Å². The number of hydrogen-bond acceptors (Lipinski definition) is 15. The summed E-state index contributed by atoms with van der Waals surface area (Å²) in [5.74, 6) is -5.28. The smallest absolute Gasteiger partial charge is 0.337 e. The fraction of sp³-hybridized carbons (Fsp3) is 0.508. The van der Waals surface area contributed by atoms with Gasteiger partial charge in [0.2, 0.25) is 15.9 Å². The molecule has 10 N–H and O–H groups in total. The Kier molecular flexibility index (Phi) is 18.0. The number of phenols is 4. The van der Waals surface area contributed by atoms with Gasteiger partial charge in [0.15, 0.2) is 27.2 Å². The van der Waals surface area contributed by atoms with Crippen LogP contribution in [0.3, 0.4) is 0 Å². The van der Waals surface area contributed by atoms with E-state index in [-0.39, 0.29) is 96.5 Å². The molecule has 4 aromatic rings. The summed E-state index contributed by atoms with van der Waals surface area (Å²) in [6, 6.07) is 18.5. The summed E-state index contributed by atoms with van der Waals surface area (Å²) in [6.07, 6.45) is 6.90. The van der Waals surface area contributed by atoms with Gasteiger partial charge in [-0.1, -0.05) is 98.6 Å². The highest BCUT2D eigenvalue weighted by Gasteiger charge is 2.60. The third-order valence-corrected chi connectivity index (χ3v) is 22.5. The Hall–Kier alpha value is -6.68. The first kappa shape index (κ1) is 62.9. The van der Waals surface area contributed by atoms with Crippen LogP contribution in [-0.4, -0.2) is 107 Å². The number of nitrogens with two attached hydrogens (primary N) is 1. The maximum atomic E-state index is 14.0. The molecule has 9 rings (SSSR count). The van der Waals surface area contributed by atoms with Gasteiger partial charge >= 0.3 is 11.9 Å². The van der Waals surface area contributed by atoms with Crippen LogP contribution in [0.25, 0.3) is 0 Å². The number of nitrogens with one attached hydrogen (secondary N) is 2. The van der Waals surface area contributed by atoms with E-state index in [0.717, 1.165) is 50.7 Å². The topological polar surface area (TPSA) is 342 Å². The molecule has 0 aromatic heterocycles. The monoisotopic (exact) mass is 1170 g/mol. The van der Waals surface area contributed by atoms with Crippen molar-refractivity contribution in [3.05, 3.63) is 107 Å². The van der Waals surface area contributed by atoms with E-state index < -0.39 is 89.5 Å². The average Bonchev–Trinajstić information content (AvgIpc) is 3.65. The third-order valence-electron chi connectivity index (χ3n) is 18.9. The number of aromatic hydroxyl groups is 4. The normalized spacial score (nSPS) is 29.3. The Morgan fingerprint density at radius 1 is 0.659 bits per heavy atom. The summed E-state index contributed by atoms with van der Waals surface area (Å²) in [5.41, 5.74) is 6.29. The Labute approximate surface area is 479 Å². The number of aromatic carboxylic acids is 1. The zero-order chi connectivity index (χ0) is 60.8. The van der Waals surface area contributed by atoms with E-state index in [1.54, 1.807) is 6.07 Å². The first-order chi connectivity index (χ1) is 38.1. The second kappa shape index (κ2) is 23.5. The standard InChI is InChI=1S/C30H38N2O8S.C21H31NO3.C10H8O5S/c1-17-22(32-25(35)16-31-41(39,40)23-9-6-5-8-21(23)28(37)38)15-24-29(2,3)10-7-11-30(24,4)26(17)27(36)18-12-19(33)14-20(34)13-18;1-12-16(22)11-17-20(2,3)6-5-7-21(17,4)18(12)19(25)13-8-14(23)10-15(24)9-13;11-9(12)5-8-10(13)6-3-1-2-4-7(6)16(8,14)15/h5-6,8-9,12-14,17,22,24,26,31,33-34H,7,10-11,15-16H2,1-4H3,(H,32,35)(H,37,38);8-10,12,16-18,23-24H,5-7,11,22H2,1-4H3;1-4,8H,5H2,(H,11,12)/t17-,22-,24+,26-,30+;12-,16-,17+,18-,21+;/m11./s1. The summed E-state index contributed by atoms with van der Waals surface area (Å²) in [4.78, 5) is 73.8. The molecule has 82 heavy (non-hydrogen) atoms. The number of hydrogen-bond donors (Lipinski definition) is 9. The fourth-order valence-corrected chi connectivity index (χ4v) is 18.1. The Balaban J connectivity index is 0.000000198. The number of sulfone groups is 1. The van der Waals surface area contributed by atoms with Crippen LogP contribution >= 0.6 is 0 Å². The number of sulfonamides is 1. The van der Waals surface area contributed by atoms with Gasteiger partial charge in [-0.25, -0.2) is 26.4 Å². The minimum atomic E-state index is -4.29. The number of carbonyl (C=O) groups excluding carboxylic acids is 4. The van der Waals surface area contributed by atoms with Gasteiger partial charge in [0.1, 0.15) is 28.2 Å². The highest BCUT2D eigenvalue weighted by atomic mass is 32.2. The quantitative estimate of drug-likeness (QED) is 0.0600. The number of fused-ring (bicyclic) bond motifs is 3. The molecule has 4 saturated carbocycles. The first-order valence-electron chi connectivity index (χ1n) is 27.7. The van der Waals surface area contributed by atoms with Gasteiger partial charge in [-0.15, -0.1) is 0 Å². The van der Waals surface area contributed by atoms with Gasteiger partial charge in [-0.2, -0.15) is 0 Å². The van der Waals surface area contributed by atoms with Crippen molar-refractivity contribution in [1.29, 1.82) is 0 Å². The summed E-state index contributed by atoms with van der Waals surface area (Å²) in [7, 11) is -8.12. The number of phenolic OH excluding ortho intramolecular Hbond substituents is 4. The van der Waals surface area contributed by atoms with E-state index in [0.29, 0.717) is 17.9 Å². The molecule has 1 unspecified atom stereocenters. The first-order valence-corrected chi connectivity index (χ1v) is 30.7. The van der Waals surface area contributed by atoms with Gasteiger partial charge in [-0.3, -0.25) is 24.0 Å². The van der Waals surface area contributed by atoms with Crippen molar-refractivity contribution in [3.63, 3.8) is 0 Å². The highest BCUT2D eigenvalue weighted by Crippen LogP contribution is 2.63. The molecule has 4 fully saturated rings. The van der Waals surface area contributed by atoms with Crippen LogP contribution in [0.15, 0.2) is 94.7 Å². The van der Waals surface area contributed by atoms with E-state index in [9.17, 15) is 71.1 Å². The number of aliphatic carboxylic acids is 1. The number of amides is 1. The van der Waals surface area contributed by atoms with Gasteiger partial charge in [0.25, 0.3) is 0 Å². The van der Waals surface area contributed by atoms with E-state index in [1.807, 2.05) is 6.92 Å². The molecule has 0 saturated heterocycles. The minimum absolute atomic E-state index is 0.000880. The zero-order valence-electron chi connectivity index (χ0n) is 47.5. The number of carbonyl (C=O) groups is 6. The fourth-order valence-electron chi connectivity index (χ4n) is 15.1. The lowest BCUT2D eigenvalue weighted by atomic mass is 9.45. The second-order valence-electron chi connectivity index (χ2n) is 25.1. The number of ketones is 3. The molecule has 0 spiro atoms. The molecule has 5 aliphatic rings. The zero-order valence-corrected chi connectivity index (χ0v) is 49.1. The molecule has 19 nitrogen and oxygen atoms in total. The van der Waals surface area contributed by atoms with E-state index in [4.69, 9.17) is 10.8 Å². The van der Waals surface area contributed by atoms with Gasteiger partial charge in [-0.05, 0) is 126 Å². The number of carboxylic acids is 2. The average molecular weight is 1170 g/mol. The van der Waals surface area contributed by atoms with Crippen molar-refractivity contribution >= 4 is 55.1 Å². The molecular weight excluding hydrogens is 1090 g/mol. The van der Waals surface area contributed by atoms with Crippen molar-refractivity contribution in [1.82, 2.24) is 10.0 Å². The van der Waals surface area contributed by atoms with Crippen LogP contribution in [0, 0.1) is 57.2 Å². The Morgan fingerprint density at radius 3 is 1.61 bits per heavy atom. The largest absolute Gasteiger partial charge is 0.508 e. The molecule has 1 aliphatic heterocycles. The minimum Gasteiger partial charge on any atom is -0.508 e. The van der Waals surface area contributed by atoms with Crippen LogP contribution in [0.5, 0.6) is 23.0 Å². The maximum Gasteiger partial charge on any atom is 0.337 e. The van der Waals surface area contributed by atoms with Gasteiger partial charge in [0, 0.05) is 52.7 Å². The van der Waals surface area contributed by atoms with E-state index >= 15 is 0 Å². The molecule has 0 radical (unpaired) electrons. The summed E-state index contributed by atoms with van der Waals surface area (Å²) < 4.78 is 51.6. The lowest BCUT2D eigenvalue weighted by molar-refractivity contribution is -0.136. The van der Waals surface area contributed by atoms with Crippen molar-refractivity contribution in [2.24, 2.45) is 62.9 Å². The molecule has 444 valence electrons. The number of rotatable bonds is 12. The van der Waals surface area contributed by atoms with E-state index in [1.165, 1.54) is 73.2 Å². The van der Waals surface area contributed by atoms with Crippen molar-refractivity contribution in [3.8, 4) is 23.0 Å². The second-order valence-corrected chi connectivity index (χ2v) is 28.9. The molecule has 0 bridgehead atoms. The molecule has 1 amide bonds. The maximum absolute atomic E-state index is 14.0. The lowest BCUT2D eigenvalue weighted by Crippen LogP contribution is -2.61. The van der Waals surface area contributed by atoms with Gasteiger partial charge in [0.05, 0.1) is 28.3 Å². The predicted molar refractivity (Wildman–Crippen MR) is 304 cm³/mol. The molecule has 11 atom stereocenters. The van der Waals surface area contributed by atoms with Crippen LogP contribution < -0.4 is 15.8 Å². The van der Waals surface area contributed by atoms with Crippen molar-refractivity contribution < 1.29 is 76.2 Å². The Bertz CT molecular complexity index is 3360. The predicted octanol–water partition coefficient (Wildman–Crippen LogP) is 8.53. The molecule has 1 heterocycles. The molecule has 4 aliphatic carbocycles. The number of Topliss-reactive ketones (excluding diaryl/α,β-unsaturated/α-hetero) is 3. The summed E-state index contributed by atoms with van der Waals surface area (Å²) >= 11 is 0. The van der Waals surface area contributed by atoms with Gasteiger partial charge < -0.3 is 41.7 Å². The third kappa shape index (κ3) is 12.5. The molecular formula is C61H77N3O16S2. The molecule has 21 heteroatoms. The lowest BCUT2D eigenvalue weighted by Gasteiger charge is -2.60. The SMILES string of the molecule is C[C@@H]1[C@H](N)C[C@H]2C(C)(C)CCC[C@]2(C)[C@H]1C(=O)c1cc(O)cc(O)c1.C[C@@H]1[C@H](NC(=O)CNS(=O)(=O)c2ccccc2C(=O)O)C[C@H]2C(C)(C)CCC[C@]2(C)[C@H]1C(=O)c1cc(O)cc(O)c1.O=C(O)CC1C(=O)c2ccccc2S1(=O)=O. The van der Waals surface area contributed by atoms with E-state index in [2.05, 4.69) is 58.5 Å². The number of carboxylic acid groups (broad SMARTS) is 2. The van der Waals surface area contributed by atoms with Crippen LogP contribution in [0.1, 0.15) is 155 Å². The Morgan fingerprint density at radius 2 is 1.12 bits per heavy atom. The van der Waals surface area contributed by atoms with Crippen LogP contribution in [0.4, 0.5) is 0 Å².